The van der Waals surface area contributed by atoms with E-state index < -0.39 is 12.0 Å². The zero-order chi connectivity index (χ0) is 13.9. The quantitative estimate of drug-likeness (QED) is 0.839. The van der Waals surface area contributed by atoms with E-state index in [2.05, 4.69) is 0 Å². The van der Waals surface area contributed by atoms with Gasteiger partial charge in [-0.1, -0.05) is 0 Å². The van der Waals surface area contributed by atoms with E-state index in [0.717, 1.165) is 22.4 Å². The fourth-order valence-corrected chi connectivity index (χ4v) is 2.12. The van der Waals surface area contributed by atoms with Gasteiger partial charge in [-0.2, -0.15) is 0 Å². The normalized spacial score (nSPS) is 12.3. The van der Waals surface area contributed by atoms with Crippen LogP contribution in [0.5, 0.6) is 5.75 Å². The molecule has 1 rings (SSSR count). The molecule has 1 aromatic rings. The van der Waals surface area contributed by atoms with Crippen molar-refractivity contribution in [1.29, 1.82) is 0 Å². The monoisotopic (exact) mass is 251 g/mol. The minimum Gasteiger partial charge on any atom is -0.496 e. The van der Waals surface area contributed by atoms with Gasteiger partial charge >= 0.3 is 5.97 Å². The van der Waals surface area contributed by atoms with Gasteiger partial charge in [0.15, 0.2) is 0 Å². The number of carboxylic acid groups (broad SMARTS) is 1. The fourth-order valence-electron chi connectivity index (χ4n) is 2.12. The molecule has 0 aliphatic rings. The molecule has 0 amide bonds. The van der Waals surface area contributed by atoms with Crippen LogP contribution in [0, 0.1) is 20.8 Å². The van der Waals surface area contributed by atoms with Crippen molar-refractivity contribution in [3.63, 3.8) is 0 Å². The maximum atomic E-state index is 10.7. The molecule has 1 unspecified atom stereocenters. The lowest BCUT2D eigenvalue weighted by molar-refractivity contribution is -0.138. The summed E-state index contributed by atoms with van der Waals surface area (Å²) in [6.45, 7) is 6.05. The second-order valence-corrected chi connectivity index (χ2v) is 4.61. The van der Waals surface area contributed by atoms with E-state index in [9.17, 15) is 4.79 Å². The standard InChI is InChI=1S/C14H21NO3/c1-8-7-13(18-4)10(3)9(2)11(8)5-6-12(15)14(16)17/h7,12H,5-6,15H2,1-4H3,(H,16,17). The molecular formula is C14H21NO3. The van der Waals surface area contributed by atoms with Gasteiger partial charge in [0.25, 0.3) is 0 Å². The summed E-state index contributed by atoms with van der Waals surface area (Å²) in [5.41, 5.74) is 10.1. The maximum Gasteiger partial charge on any atom is 0.320 e. The van der Waals surface area contributed by atoms with E-state index in [1.807, 2.05) is 26.8 Å². The van der Waals surface area contributed by atoms with Gasteiger partial charge in [-0.15, -0.1) is 0 Å². The summed E-state index contributed by atoms with van der Waals surface area (Å²) in [4.78, 5) is 10.7. The minimum atomic E-state index is -0.949. The second kappa shape index (κ2) is 5.87. The second-order valence-electron chi connectivity index (χ2n) is 4.61. The van der Waals surface area contributed by atoms with Gasteiger partial charge in [-0.3, -0.25) is 4.79 Å². The number of methoxy groups -OCH3 is 1. The van der Waals surface area contributed by atoms with Crippen LogP contribution in [0.4, 0.5) is 0 Å². The van der Waals surface area contributed by atoms with Crippen molar-refractivity contribution in [2.75, 3.05) is 7.11 Å². The molecule has 0 fully saturated rings. The molecule has 18 heavy (non-hydrogen) atoms. The number of rotatable bonds is 5. The Morgan fingerprint density at radius 3 is 2.50 bits per heavy atom. The van der Waals surface area contributed by atoms with Gasteiger partial charge < -0.3 is 15.6 Å². The van der Waals surface area contributed by atoms with Crippen LogP contribution < -0.4 is 10.5 Å². The summed E-state index contributed by atoms with van der Waals surface area (Å²) in [6.07, 6.45) is 1.12. The first kappa shape index (κ1) is 14.5. The van der Waals surface area contributed by atoms with Crippen LogP contribution in [0.1, 0.15) is 28.7 Å². The third kappa shape index (κ3) is 3.01. The summed E-state index contributed by atoms with van der Waals surface area (Å²) < 4.78 is 5.31. The van der Waals surface area contributed by atoms with Crippen LogP contribution in [-0.4, -0.2) is 24.2 Å². The van der Waals surface area contributed by atoms with E-state index in [0.29, 0.717) is 12.8 Å². The lowest BCUT2D eigenvalue weighted by Gasteiger charge is -2.16. The topological polar surface area (TPSA) is 72.5 Å². The molecule has 0 heterocycles. The highest BCUT2D eigenvalue weighted by molar-refractivity contribution is 5.73. The van der Waals surface area contributed by atoms with Crippen LogP contribution in [0.3, 0.4) is 0 Å². The van der Waals surface area contributed by atoms with Gasteiger partial charge in [0, 0.05) is 0 Å². The number of benzene rings is 1. The van der Waals surface area contributed by atoms with Gasteiger partial charge in [0.2, 0.25) is 0 Å². The minimum absolute atomic E-state index is 0.447. The Hall–Kier alpha value is -1.55. The van der Waals surface area contributed by atoms with Crippen molar-refractivity contribution < 1.29 is 14.6 Å². The molecule has 0 aromatic heterocycles. The van der Waals surface area contributed by atoms with Crippen LogP contribution in [0.2, 0.25) is 0 Å². The molecule has 4 heteroatoms. The molecular weight excluding hydrogens is 230 g/mol. The Kier molecular flexibility index (Phi) is 4.73. The molecule has 0 radical (unpaired) electrons. The molecule has 100 valence electrons. The van der Waals surface area contributed by atoms with Gasteiger partial charge in [-0.25, -0.2) is 0 Å². The molecule has 1 atom stereocenters. The Labute approximate surface area is 108 Å². The van der Waals surface area contributed by atoms with Crippen LogP contribution in [-0.2, 0) is 11.2 Å². The number of hydrogen-bond acceptors (Lipinski definition) is 3. The molecule has 0 saturated carbocycles. The van der Waals surface area contributed by atoms with Gasteiger partial charge in [0.1, 0.15) is 11.8 Å². The van der Waals surface area contributed by atoms with Crippen LogP contribution in [0.25, 0.3) is 0 Å². The van der Waals surface area contributed by atoms with Crippen molar-refractivity contribution >= 4 is 5.97 Å². The summed E-state index contributed by atoms with van der Waals surface area (Å²) >= 11 is 0. The summed E-state index contributed by atoms with van der Waals surface area (Å²) in [7, 11) is 1.65. The van der Waals surface area contributed by atoms with Gasteiger partial charge in [0.05, 0.1) is 7.11 Å². The zero-order valence-corrected chi connectivity index (χ0v) is 11.4. The summed E-state index contributed by atoms with van der Waals surface area (Å²) in [6, 6.07) is 1.19. The number of carboxylic acids is 1. The Bertz CT molecular complexity index is 455. The Morgan fingerprint density at radius 2 is 2.00 bits per heavy atom. The Morgan fingerprint density at radius 1 is 1.39 bits per heavy atom. The number of hydrogen-bond donors (Lipinski definition) is 2. The first-order chi connectivity index (χ1) is 8.38. The maximum absolute atomic E-state index is 10.7. The smallest absolute Gasteiger partial charge is 0.320 e. The number of aliphatic carboxylic acids is 1. The third-order valence-electron chi connectivity index (χ3n) is 3.45. The lowest BCUT2D eigenvalue weighted by atomic mass is 9.93. The highest BCUT2D eigenvalue weighted by Crippen LogP contribution is 2.28. The summed E-state index contributed by atoms with van der Waals surface area (Å²) in [5, 5.41) is 8.79. The van der Waals surface area contributed by atoms with Crippen molar-refractivity contribution in [2.45, 2.75) is 39.7 Å². The molecule has 0 spiro atoms. The predicted molar refractivity (Wildman–Crippen MR) is 71.1 cm³/mol. The number of aryl methyl sites for hydroxylation is 1. The molecule has 1 aromatic carbocycles. The van der Waals surface area contributed by atoms with E-state index in [1.54, 1.807) is 7.11 Å². The average molecular weight is 251 g/mol. The highest BCUT2D eigenvalue weighted by atomic mass is 16.5. The van der Waals surface area contributed by atoms with Crippen molar-refractivity contribution in [3.8, 4) is 5.75 Å². The third-order valence-corrected chi connectivity index (χ3v) is 3.45. The average Bonchev–Trinajstić information content (AvgIpc) is 2.33. The first-order valence-electron chi connectivity index (χ1n) is 6.00. The lowest BCUT2D eigenvalue weighted by Crippen LogP contribution is -2.30. The molecule has 0 aliphatic heterocycles. The predicted octanol–water partition coefficient (Wildman–Crippen LogP) is 1.96. The van der Waals surface area contributed by atoms with E-state index in [1.165, 1.54) is 5.56 Å². The van der Waals surface area contributed by atoms with Crippen molar-refractivity contribution in [1.82, 2.24) is 0 Å². The van der Waals surface area contributed by atoms with E-state index in [-0.39, 0.29) is 0 Å². The molecule has 4 nitrogen and oxygen atoms in total. The SMILES string of the molecule is COc1cc(C)c(CCC(N)C(=O)O)c(C)c1C. The number of nitrogens with two attached hydrogens (primary N) is 1. The first-order valence-corrected chi connectivity index (χ1v) is 6.00. The van der Waals surface area contributed by atoms with Crippen LogP contribution >= 0.6 is 0 Å². The number of ether oxygens (including phenoxy) is 1. The largest absolute Gasteiger partial charge is 0.496 e. The van der Waals surface area contributed by atoms with Gasteiger partial charge in [-0.05, 0) is 61.9 Å². The van der Waals surface area contributed by atoms with Crippen LogP contribution in [0.15, 0.2) is 6.07 Å². The fraction of sp³-hybridized carbons (Fsp3) is 0.500. The van der Waals surface area contributed by atoms with E-state index >= 15 is 0 Å². The van der Waals surface area contributed by atoms with Crippen molar-refractivity contribution in [2.24, 2.45) is 5.73 Å². The molecule has 0 saturated heterocycles. The molecule has 0 aliphatic carbocycles. The number of carbonyl (C=O) groups is 1. The Balaban J connectivity index is 2.96. The van der Waals surface area contributed by atoms with E-state index in [4.69, 9.17) is 15.6 Å². The molecule has 3 N–H and O–H groups in total. The molecule has 0 bridgehead atoms. The zero-order valence-electron chi connectivity index (χ0n) is 11.4. The van der Waals surface area contributed by atoms with Crippen molar-refractivity contribution in [3.05, 3.63) is 28.3 Å². The highest BCUT2D eigenvalue weighted by Gasteiger charge is 2.15. The summed E-state index contributed by atoms with van der Waals surface area (Å²) in [5.74, 6) is -0.0770.